The Morgan fingerprint density at radius 1 is 1.08 bits per heavy atom. The summed E-state index contributed by atoms with van der Waals surface area (Å²) in [5.41, 5.74) is -0.298. The van der Waals surface area contributed by atoms with E-state index in [-0.39, 0.29) is 17.9 Å². The molecule has 2 rings (SSSR count). The van der Waals surface area contributed by atoms with Gasteiger partial charge >= 0.3 is 12.1 Å². The fourth-order valence-electron chi connectivity index (χ4n) is 1.85. The van der Waals surface area contributed by atoms with Crippen molar-refractivity contribution in [3.63, 3.8) is 0 Å². The number of methoxy groups -OCH3 is 1. The van der Waals surface area contributed by atoms with Crippen LogP contribution in [-0.4, -0.2) is 19.2 Å². The molecule has 126 valence electrons. The molecule has 0 unspecified atom stereocenters. The minimum absolute atomic E-state index is 0.249. The van der Waals surface area contributed by atoms with Crippen molar-refractivity contribution >= 4 is 17.7 Å². The fraction of sp³-hybridized carbons (Fsp3) is 0.125. The van der Waals surface area contributed by atoms with Crippen molar-refractivity contribution in [1.29, 1.82) is 0 Å². The van der Waals surface area contributed by atoms with Crippen molar-refractivity contribution in [2.24, 2.45) is 0 Å². The number of rotatable bonds is 4. The number of amides is 1. The Bertz CT molecular complexity index is 780. The highest BCUT2D eigenvalue weighted by molar-refractivity contribution is 5.99. The Labute approximate surface area is 135 Å². The summed E-state index contributed by atoms with van der Waals surface area (Å²) in [4.78, 5) is 23.3. The van der Waals surface area contributed by atoms with Crippen molar-refractivity contribution in [3.8, 4) is 0 Å². The SMILES string of the molecule is COC(=O)c1cc(F)c(F)cc1NC(=O)OCc1cccc(F)c1. The van der Waals surface area contributed by atoms with Crippen LogP contribution in [0.5, 0.6) is 0 Å². The normalized spacial score (nSPS) is 10.2. The predicted octanol–water partition coefficient (Wildman–Crippen LogP) is 3.64. The van der Waals surface area contributed by atoms with Gasteiger partial charge in [-0.05, 0) is 23.8 Å². The third-order valence-corrected chi connectivity index (χ3v) is 2.96. The van der Waals surface area contributed by atoms with E-state index >= 15 is 0 Å². The smallest absolute Gasteiger partial charge is 0.411 e. The molecule has 0 aliphatic heterocycles. The fourth-order valence-corrected chi connectivity index (χ4v) is 1.85. The number of hydrogen-bond donors (Lipinski definition) is 1. The van der Waals surface area contributed by atoms with Crippen LogP contribution in [0.25, 0.3) is 0 Å². The molecule has 24 heavy (non-hydrogen) atoms. The van der Waals surface area contributed by atoms with E-state index in [0.29, 0.717) is 17.7 Å². The predicted molar refractivity (Wildman–Crippen MR) is 77.9 cm³/mol. The van der Waals surface area contributed by atoms with Crippen LogP contribution < -0.4 is 5.32 Å². The molecule has 0 bridgehead atoms. The Balaban J connectivity index is 2.10. The number of hydrogen-bond acceptors (Lipinski definition) is 4. The Kier molecular flexibility index (Phi) is 5.41. The molecule has 0 atom stereocenters. The molecule has 0 radical (unpaired) electrons. The maximum absolute atomic E-state index is 13.3. The quantitative estimate of drug-likeness (QED) is 0.864. The molecule has 0 saturated heterocycles. The molecule has 2 aromatic carbocycles. The Morgan fingerprint density at radius 3 is 2.46 bits per heavy atom. The minimum Gasteiger partial charge on any atom is -0.465 e. The lowest BCUT2D eigenvalue weighted by atomic mass is 10.1. The van der Waals surface area contributed by atoms with Gasteiger partial charge in [0, 0.05) is 6.07 Å². The second kappa shape index (κ2) is 7.49. The zero-order valence-electron chi connectivity index (χ0n) is 12.4. The summed E-state index contributed by atoms with van der Waals surface area (Å²) < 4.78 is 48.8. The zero-order chi connectivity index (χ0) is 17.7. The number of carbonyl (C=O) groups excluding carboxylic acids is 2. The standard InChI is InChI=1S/C16H12F3NO4/c1-23-15(21)11-6-12(18)13(19)7-14(11)20-16(22)24-8-9-3-2-4-10(17)5-9/h2-7H,8H2,1H3,(H,20,22). The first-order chi connectivity index (χ1) is 11.4. The van der Waals surface area contributed by atoms with Crippen molar-refractivity contribution in [2.75, 3.05) is 12.4 Å². The molecule has 8 heteroatoms. The van der Waals surface area contributed by atoms with Crippen molar-refractivity contribution in [3.05, 3.63) is 65.0 Å². The number of nitrogens with one attached hydrogen (secondary N) is 1. The molecule has 0 heterocycles. The van der Waals surface area contributed by atoms with Gasteiger partial charge in [0.15, 0.2) is 11.6 Å². The van der Waals surface area contributed by atoms with Crippen LogP contribution in [-0.2, 0) is 16.1 Å². The van der Waals surface area contributed by atoms with Crippen LogP contribution in [0, 0.1) is 17.5 Å². The van der Waals surface area contributed by atoms with Gasteiger partial charge < -0.3 is 9.47 Å². The summed E-state index contributed by atoms with van der Waals surface area (Å²) in [6.07, 6.45) is -1.03. The van der Waals surface area contributed by atoms with E-state index in [1.54, 1.807) is 0 Å². The van der Waals surface area contributed by atoms with Crippen LogP contribution in [0.2, 0.25) is 0 Å². The van der Waals surface area contributed by atoms with Crippen molar-refractivity contribution in [2.45, 2.75) is 6.61 Å². The van der Waals surface area contributed by atoms with Gasteiger partial charge in [-0.3, -0.25) is 5.32 Å². The van der Waals surface area contributed by atoms with Gasteiger partial charge in [-0.2, -0.15) is 0 Å². The minimum atomic E-state index is -1.27. The average molecular weight is 339 g/mol. The first-order valence-electron chi connectivity index (χ1n) is 6.66. The molecule has 0 spiro atoms. The molecular weight excluding hydrogens is 327 g/mol. The van der Waals surface area contributed by atoms with Gasteiger partial charge in [-0.1, -0.05) is 12.1 Å². The lowest BCUT2D eigenvalue weighted by molar-refractivity contribution is 0.0601. The van der Waals surface area contributed by atoms with Crippen LogP contribution >= 0.6 is 0 Å². The first kappa shape index (κ1) is 17.3. The molecule has 0 aliphatic rings. The van der Waals surface area contributed by atoms with Crippen LogP contribution in [0.1, 0.15) is 15.9 Å². The van der Waals surface area contributed by atoms with Gasteiger partial charge in [0.05, 0.1) is 18.4 Å². The molecule has 5 nitrogen and oxygen atoms in total. The molecule has 1 N–H and O–H groups in total. The highest BCUT2D eigenvalue weighted by Crippen LogP contribution is 2.21. The third kappa shape index (κ3) is 4.25. The van der Waals surface area contributed by atoms with Crippen LogP contribution in [0.15, 0.2) is 36.4 Å². The van der Waals surface area contributed by atoms with E-state index < -0.39 is 29.5 Å². The number of esters is 1. The van der Waals surface area contributed by atoms with E-state index in [0.717, 1.165) is 7.11 Å². The van der Waals surface area contributed by atoms with E-state index in [1.807, 2.05) is 0 Å². The van der Waals surface area contributed by atoms with Gasteiger partial charge in [-0.25, -0.2) is 22.8 Å². The summed E-state index contributed by atoms with van der Waals surface area (Å²) in [6.45, 7) is -0.249. The van der Waals surface area contributed by atoms with E-state index in [4.69, 9.17) is 4.74 Å². The lowest BCUT2D eigenvalue weighted by Crippen LogP contribution is -2.17. The lowest BCUT2D eigenvalue weighted by Gasteiger charge is -2.11. The molecule has 2 aromatic rings. The zero-order valence-corrected chi connectivity index (χ0v) is 12.4. The van der Waals surface area contributed by atoms with E-state index in [2.05, 4.69) is 10.1 Å². The maximum Gasteiger partial charge on any atom is 0.411 e. The summed E-state index contributed by atoms with van der Waals surface area (Å²) in [5, 5.41) is 2.12. The summed E-state index contributed by atoms with van der Waals surface area (Å²) in [5.74, 6) is -3.99. The van der Waals surface area contributed by atoms with Gasteiger partial charge in [0.25, 0.3) is 0 Å². The van der Waals surface area contributed by atoms with Crippen molar-refractivity contribution in [1.82, 2.24) is 0 Å². The molecular formula is C16H12F3NO4. The molecule has 0 fully saturated rings. The molecule has 1 amide bonds. The number of anilines is 1. The van der Waals surface area contributed by atoms with Gasteiger partial charge in [0.2, 0.25) is 0 Å². The summed E-state index contributed by atoms with van der Waals surface area (Å²) >= 11 is 0. The number of ether oxygens (including phenoxy) is 2. The van der Waals surface area contributed by atoms with Gasteiger partial charge in [-0.15, -0.1) is 0 Å². The second-order valence-corrected chi connectivity index (χ2v) is 4.63. The monoisotopic (exact) mass is 339 g/mol. The highest BCUT2D eigenvalue weighted by Gasteiger charge is 2.18. The number of benzene rings is 2. The Hall–Kier alpha value is -3.03. The van der Waals surface area contributed by atoms with E-state index in [9.17, 15) is 22.8 Å². The Morgan fingerprint density at radius 2 is 1.79 bits per heavy atom. The van der Waals surface area contributed by atoms with E-state index in [1.165, 1.54) is 24.3 Å². The average Bonchev–Trinajstić information content (AvgIpc) is 2.55. The van der Waals surface area contributed by atoms with Crippen molar-refractivity contribution < 1.29 is 32.2 Å². The molecule has 0 saturated carbocycles. The summed E-state index contributed by atoms with van der Waals surface area (Å²) in [7, 11) is 1.05. The largest absolute Gasteiger partial charge is 0.465 e. The highest BCUT2D eigenvalue weighted by atomic mass is 19.2. The molecule has 0 aromatic heterocycles. The second-order valence-electron chi connectivity index (χ2n) is 4.63. The molecule has 0 aliphatic carbocycles. The number of halogens is 3. The summed E-state index contributed by atoms with van der Waals surface area (Å²) in [6, 6.07) is 6.61. The third-order valence-electron chi connectivity index (χ3n) is 2.96. The number of carbonyl (C=O) groups is 2. The topological polar surface area (TPSA) is 64.6 Å². The van der Waals surface area contributed by atoms with Gasteiger partial charge in [0.1, 0.15) is 12.4 Å². The van der Waals surface area contributed by atoms with Crippen LogP contribution in [0.4, 0.5) is 23.7 Å². The van der Waals surface area contributed by atoms with Crippen LogP contribution in [0.3, 0.4) is 0 Å². The first-order valence-corrected chi connectivity index (χ1v) is 6.66. The maximum atomic E-state index is 13.3.